The Morgan fingerprint density at radius 1 is 1.45 bits per heavy atom. The second kappa shape index (κ2) is 5.99. The molecule has 0 aromatic heterocycles. The van der Waals surface area contributed by atoms with E-state index in [1.807, 2.05) is 11.9 Å². The minimum absolute atomic E-state index is 0.0773. The monoisotopic (exact) mass is 299 g/mol. The molecule has 20 heavy (non-hydrogen) atoms. The van der Waals surface area contributed by atoms with Crippen molar-refractivity contribution in [3.8, 4) is 0 Å². The Kier molecular flexibility index (Phi) is 4.52. The van der Waals surface area contributed by atoms with Crippen LogP contribution in [-0.2, 0) is 14.8 Å². The highest BCUT2D eigenvalue weighted by atomic mass is 32.2. The summed E-state index contributed by atoms with van der Waals surface area (Å²) in [7, 11) is -1.82. The summed E-state index contributed by atoms with van der Waals surface area (Å²) < 4.78 is 28.3. The fraction of sp³-hybridized carbons (Fsp3) is 0.538. The summed E-state index contributed by atoms with van der Waals surface area (Å²) in [6.45, 7) is 2.33. The van der Waals surface area contributed by atoms with Crippen molar-refractivity contribution in [2.24, 2.45) is 11.1 Å². The maximum absolute atomic E-state index is 11.4. The zero-order chi connectivity index (χ0) is 14.8. The molecular formula is C13H21N3O3S. The summed E-state index contributed by atoms with van der Waals surface area (Å²) in [5.41, 5.74) is 7.15. The molecule has 1 heterocycles. The summed E-state index contributed by atoms with van der Waals surface area (Å²) in [5, 5.41) is 5.15. The molecule has 0 bridgehead atoms. The number of hydrogen-bond donors (Lipinski definition) is 2. The first-order chi connectivity index (χ1) is 9.38. The third kappa shape index (κ3) is 3.62. The first kappa shape index (κ1) is 15.1. The molecule has 1 saturated heterocycles. The van der Waals surface area contributed by atoms with Crippen molar-refractivity contribution < 1.29 is 13.2 Å². The van der Waals surface area contributed by atoms with Gasteiger partial charge in [0.15, 0.2) is 0 Å². The van der Waals surface area contributed by atoms with E-state index in [0.717, 1.165) is 32.6 Å². The van der Waals surface area contributed by atoms with Crippen LogP contribution in [-0.4, -0.2) is 35.2 Å². The smallest absolute Gasteiger partial charge is 0.238 e. The van der Waals surface area contributed by atoms with Crippen molar-refractivity contribution in [1.29, 1.82) is 0 Å². The summed E-state index contributed by atoms with van der Waals surface area (Å²) in [4.78, 5) is 2.04. The molecule has 1 aromatic rings. The molecule has 0 radical (unpaired) electrons. The standard InChI is InChI=1S/C13H21N3O3S/c1-16(8-10-3-2-6-19-9-10)13-7-11(20(15,17)18)4-5-12(13)14/h4-5,7,10H,2-3,6,8-9,14H2,1H3,(H2,15,17,18). The van der Waals surface area contributed by atoms with Gasteiger partial charge in [-0.3, -0.25) is 0 Å². The van der Waals surface area contributed by atoms with Gasteiger partial charge in [0, 0.05) is 20.2 Å². The van der Waals surface area contributed by atoms with Crippen LogP contribution in [0.25, 0.3) is 0 Å². The molecule has 1 aliphatic rings. The van der Waals surface area contributed by atoms with Crippen molar-refractivity contribution >= 4 is 21.4 Å². The second-order valence-electron chi connectivity index (χ2n) is 5.23. The van der Waals surface area contributed by atoms with Gasteiger partial charge in [-0.2, -0.15) is 0 Å². The van der Waals surface area contributed by atoms with E-state index in [-0.39, 0.29) is 4.90 Å². The number of anilines is 2. The van der Waals surface area contributed by atoms with E-state index in [2.05, 4.69) is 0 Å². The molecule has 1 fully saturated rings. The normalized spacial score (nSPS) is 19.8. The molecule has 2 rings (SSSR count). The predicted molar refractivity (Wildman–Crippen MR) is 79.0 cm³/mol. The summed E-state index contributed by atoms with van der Waals surface area (Å²) >= 11 is 0. The van der Waals surface area contributed by atoms with E-state index >= 15 is 0 Å². The van der Waals surface area contributed by atoms with Crippen molar-refractivity contribution in [2.75, 3.05) is 37.4 Å². The first-order valence-electron chi connectivity index (χ1n) is 6.59. The number of hydrogen-bond acceptors (Lipinski definition) is 5. The molecule has 1 aromatic carbocycles. The van der Waals surface area contributed by atoms with Crippen LogP contribution in [0.4, 0.5) is 11.4 Å². The van der Waals surface area contributed by atoms with Crippen molar-refractivity contribution in [2.45, 2.75) is 17.7 Å². The molecule has 0 spiro atoms. The lowest BCUT2D eigenvalue weighted by Crippen LogP contribution is -2.31. The third-order valence-corrected chi connectivity index (χ3v) is 4.44. The number of sulfonamides is 1. The van der Waals surface area contributed by atoms with Gasteiger partial charge in [0.05, 0.1) is 22.9 Å². The lowest BCUT2D eigenvalue weighted by atomic mass is 10.0. The maximum atomic E-state index is 11.4. The Hall–Kier alpha value is -1.31. The molecule has 112 valence electrons. The van der Waals surface area contributed by atoms with Gasteiger partial charge in [-0.15, -0.1) is 0 Å². The van der Waals surface area contributed by atoms with E-state index < -0.39 is 10.0 Å². The van der Waals surface area contributed by atoms with E-state index in [9.17, 15) is 8.42 Å². The number of rotatable bonds is 4. The van der Waals surface area contributed by atoms with Crippen LogP contribution in [0.3, 0.4) is 0 Å². The Balaban J connectivity index is 2.17. The number of ether oxygens (including phenoxy) is 1. The van der Waals surface area contributed by atoms with Gasteiger partial charge in [0.2, 0.25) is 10.0 Å². The summed E-state index contributed by atoms with van der Waals surface area (Å²) in [5.74, 6) is 0.436. The molecule has 1 unspecified atom stereocenters. The largest absolute Gasteiger partial charge is 0.397 e. The van der Waals surface area contributed by atoms with Crippen LogP contribution < -0.4 is 15.8 Å². The van der Waals surface area contributed by atoms with Crippen molar-refractivity contribution in [3.63, 3.8) is 0 Å². The zero-order valence-corrected chi connectivity index (χ0v) is 12.4. The van der Waals surface area contributed by atoms with Gasteiger partial charge in [0.1, 0.15) is 0 Å². The van der Waals surface area contributed by atoms with E-state index in [1.54, 1.807) is 6.07 Å². The van der Waals surface area contributed by atoms with E-state index in [1.165, 1.54) is 12.1 Å². The van der Waals surface area contributed by atoms with Crippen molar-refractivity contribution in [3.05, 3.63) is 18.2 Å². The fourth-order valence-electron chi connectivity index (χ4n) is 2.47. The van der Waals surface area contributed by atoms with Crippen LogP contribution >= 0.6 is 0 Å². The average molecular weight is 299 g/mol. The topological polar surface area (TPSA) is 98.6 Å². The van der Waals surface area contributed by atoms with E-state index in [4.69, 9.17) is 15.6 Å². The van der Waals surface area contributed by atoms with Gasteiger partial charge >= 0.3 is 0 Å². The van der Waals surface area contributed by atoms with Gasteiger partial charge in [-0.1, -0.05) is 0 Å². The van der Waals surface area contributed by atoms with Crippen LogP contribution in [0.5, 0.6) is 0 Å². The number of nitrogens with zero attached hydrogens (tertiary/aromatic N) is 1. The van der Waals surface area contributed by atoms with Crippen LogP contribution in [0.15, 0.2) is 23.1 Å². The fourth-order valence-corrected chi connectivity index (χ4v) is 3.00. The lowest BCUT2D eigenvalue weighted by molar-refractivity contribution is 0.0576. The SMILES string of the molecule is CN(CC1CCCOC1)c1cc(S(N)(=O)=O)ccc1N. The van der Waals surface area contributed by atoms with E-state index in [0.29, 0.717) is 17.3 Å². The van der Waals surface area contributed by atoms with Gasteiger partial charge < -0.3 is 15.4 Å². The molecule has 0 amide bonds. The highest BCUT2D eigenvalue weighted by molar-refractivity contribution is 7.89. The number of nitrogens with two attached hydrogens (primary N) is 2. The molecule has 0 aliphatic carbocycles. The molecule has 1 aliphatic heterocycles. The zero-order valence-electron chi connectivity index (χ0n) is 11.6. The Labute approximate surface area is 119 Å². The van der Waals surface area contributed by atoms with Gasteiger partial charge in [-0.05, 0) is 37.0 Å². The summed E-state index contributed by atoms with van der Waals surface area (Å²) in [6.07, 6.45) is 2.17. The molecule has 0 saturated carbocycles. The molecule has 7 heteroatoms. The van der Waals surface area contributed by atoms with Crippen LogP contribution in [0, 0.1) is 5.92 Å². The van der Waals surface area contributed by atoms with Crippen molar-refractivity contribution in [1.82, 2.24) is 0 Å². The first-order valence-corrected chi connectivity index (χ1v) is 8.14. The third-order valence-electron chi connectivity index (χ3n) is 3.53. The summed E-state index contributed by atoms with van der Waals surface area (Å²) in [6, 6.07) is 4.52. The molecule has 1 atom stereocenters. The Bertz CT molecular complexity index is 568. The Morgan fingerprint density at radius 3 is 2.80 bits per heavy atom. The maximum Gasteiger partial charge on any atom is 0.238 e. The highest BCUT2D eigenvalue weighted by Crippen LogP contribution is 2.27. The Morgan fingerprint density at radius 2 is 2.20 bits per heavy atom. The minimum atomic E-state index is -3.72. The number of nitrogen functional groups attached to an aromatic ring is 1. The quantitative estimate of drug-likeness (QED) is 0.800. The number of primary sulfonamides is 1. The average Bonchev–Trinajstić information content (AvgIpc) is 2.39. The molecule has 4 N–H and O–H groups in total. The van der Waals surface area contributed by atoms with Crippen LogP contribution in [0.2, 0.25) is 0 Å². The molecule has 6 nitrogen and oxygen atoms in total. The molecular weight excluding hydrogens is 278 g/mol. The van der Waals surface area contributed by atoms with Gasteiger partial charge in [-0.25, -0.2) is 13.6 Å². The van der Waals surface area contributed by atoms with Gasteiger partial charge in [0.25, 0.3) is 0 Å². The van der Waals surface area contributed by atoms with Crippen LogP contribution in [0.1, 0.15) is 12.8 Å². The minimum Gasteiger partial charge on any atom is -0.397 e. The highest BCUT2D eigenvalue weighted by Gasteiger charge is 2.18. The number of benzene rings is 1. The second-order valence-corrected chi connectivity index (χ2v) is 6.79. The predicted octanol–water partition coefficient (Wildman–Crippen LogP) is 0.779. The lowest BCUT2D eigenvalue weighted by Gasteiger charge is -2.29.